The lowest BCUT2D eigenvalue weighted by Crippen LogP contribution is -2.34. The van der Waals surface area contributed by atoms with Crippen molar-refractivity contribution in [1.82, 2.24) is 10.3 Å². The number of carboxylic acid groups (broad SMARTS) is 1. The van der Waals surface area contributed by atoms with Crippen LogP contribution in [0.1, 0.15) is 17.3 Å². The molecular formula is C15H16N2O5. The minimum absolute atomic E-state index is 0.159. The Bertz CT molecular complexity index is 737. The smallest absolute Gasteiger partial charge is 0.343 e. The molecule has 1 aliphatic heterocycles. The molecule has 1 aliphatic rings. The monoisotopic (exact) mass is 304 g/mol. The van der Waals surface area contributed by atoms with Gasteiger partial charge < -0.3 is 19.6 Å². The molecule has 116 valence electrons. The quantitative estimate of drug-likeness (QED) is 0.728. The summed E-state index contributed by atoms with van der Waals surface area (Å²) in [5.74, 6) is -0.814. The van der Waals surface area contributed by atoms with Crippen molar-refractivity contribution in [2.24, 2.45) is 0 Å². The van der Waals surface area contributed by atoms with Crippen LogP contribution in [0.5, 0.6) is 5.75 Å². The molecule has 0 radical (unpaired) electrons. The van der Waals surface area contributed by atoms with E-state index in [1.165, 1.54) is 7.11 Å². The van der Waals surface area contributed by atoms with Crippen LogP contribution in [0, 0.1) is 0 Å². The van der Waals surface area contributed by atoms with Crippen LogP contribution < -0.4 is 10.1 Å². The fraction of sp³-hybridized carbons (Fsp3) is 0.333. The Hall–Kier alpha value is -2.54. The number of carbonyl (C=O) groups excluding carboxylic acids is 1. The molecule has 1 unspecified atom stereocenters. The number of nitrogens with one attached hydrogen (secondary N) is 2. The van der Waals surface area contributed by atoms with E-state index in [1.54, 1.807) is 6.07 Å². The van der Waals surface area contributed by atoms with Gasteiger partial charge in [0.2, 0.25) is 0 Å². The van der Waals surface area contributed by atoms with Gasteiger partial charge in [0.1, 0.15) is 11.8 Å². The molecule has 1 aromatic heterocycles. The van der Waals surface area contributed by atoms with Gasteiger partial charge >= 0.3 is 11.9 Å². The Labute approximate surface area is 126 Å². The molecule has 7 nitrogen and oxygen atoms in total. The molecule has 3 N–H and O–H groups in total. The van der Waals surface area contributed by atoms with Crippen molar-refractivity contribution in [1.29, 1.82) is 0 Å². The molecule has 0 bridgehead atoms. The molecule has 0 spiro atoms. The van der Waals surface area contributed by atoms with Gasteiger partial charge in [-0.25, -0.2) is 4.79 Å². The SMILES string of the molecule is COC(=O)COc1ccc2[nH]c3c(c2c1)CCNC3C(=O)O. The summed E-state index contributed by atoms with van der Waals surface area (Å²) in [5, 5.41) is 13.2. The average Bonchev–Trinajstić information content (AvgIpc) is 2.90. The highest BCUT2D eigenvalue weighted by Crippen LogP contribution is 2.32. The summed E-state index contributed by atoms with van der Waals surface area (Å²) < 4.78 is 9.91. The first-order valence-corrected chi connectivity index (χ1v) is 6.90. The second kappa shape index (κ2) is 5.69. The molecular weight excluding hydrogens is 288 g/mol. The van der Waals surface area contributed by atoms with Crippen molar-refractivity contribution < 1.29 is 24.2 Å². The van der Waals surface area contributed by atoms with E-state index in [2.05, 4.69) is 15.0 Å². The summed E-state index contributed by atoms with van der Waals surface area (Å²) in [6.07, 6.45) is 0.736. The maximum absolute atomic E-state index is 11.3. The number of fused-ring (bicyclic) bond motifs is 3. The lowest BCUT2D eigenvalue weighted by molar-refractivity contribution is -0.143. The van der Waals surface area contributed by atoms with Crippen LogP contribution in [-0.2, 0) is 20.7 Å². The van der Waals surface area contributed by atoms with Crippen LogP contribution in [0.15, 0.2) is 18.2 Å². The number of aromatic nitrogens is 1. The molecule has 1 aromatic carbocycles. The number of carboxylic acids is 1. The van der Waals surface area contributed by atoms with Crippen molar-refractivity contribution in [3.63, 3.8) is 0 Å². The van der Waals surface area contributed by atoms with Crippen LogP contribution in [0.3, 0.4) is 0 Å². The van der Waals surface area contributed by atoms with E-state index in [-0.39, 0.29) is 6.61 Å². The number of aliphatic carboxylic acids is 1. The highest BCUT2D eigenvalue weighted by Gasteiger charge is 2.29. The Morgan fingerprint density at radius 2 is 2.23 bits per heavy atom. The zero-order valence-corrected chi connectivity index (χ0v) is 12.0. The molecule has 22 heavy (non-hydrogen) atoms. The third kappa shape index (κ3) is 2.50. The molecule has 0 saturated carbocycles. The van der Waals surface area contributed by atoms with Gasteiger partial charge in [-0.05, 0) is 30.2 Å². The fourth-order valence-electron chi connectivity index (χ4n) is 2.71. The van der Waals surface area contributed by atoms with Crippen LogP contribution in [0.2, 0.25) is 0 Å². The van der Waals surface area contributed by atoms with E-state index < -0.39 is 18.0 Å². The fourth-order valence-corrected chi connectivity index (χ4v) is 2.71. The van der Waals surface area contributed by atoms with Crippen LogP contribution in [0.25, 0.3) is 10.9 Å². The number of hydrogen-bond donors (Lipinski definition) is 3. The first kappa shape index (κ1) is 14.4. The number of ether oxygens (including phenoxy) is 2. The third-order valence-electron chi connectivity index (χ3n) is 3.75. The molecule has 1 atom stereocenters. The first-order valence-electron chi connectivity index (χ1n) is 6.90. The van der Waals surface area contributed by atoms with Gasteiger partial charge in [0.05, 0.1) is 7.11 Å². The van der Waals surface area contributed by atoms with Gasteiger partial charge in [0.15, 0.2) is 6.61 Å². The zero-order valence-electron chi connectivity index (χ0n) is 12.0. The highest BCUT2D eigenvalue weighted by atomic mass is 16.6. The molecule has 3 rings (SSSR count). The number of hydrogen-bond acceptors (Lipinski definition) is 5. The second-order valence-electron chi connectivity index (χ2n) is 5.06. The van der Waals surface area contributed by atoms with Crippen molar-refractivity contribution in [2.45, 2.75) is 12.5 Å². The predicted molar refractivity (Wildman–Crippen MR) is 77.9 cm³/mol. The van der Waals surface area contributed by atoms with Crippen LogP contribution in [0.4, 0.5) is 0 Å². The Morgan fingerprint density at radius 1 is 1.41 bits per heavy atom. The standard InChI is InChI=1S/C15H16N2O5/c1-21-12(18)7-22-8-2-3-11-10(6-8)9-4-5-16-14(15(19)20)13(9)17-11/h2-3,6,14,16-17H,4-5,7H2,1H3,(H,19,20). The lowest BCUT2D eigenvalue weighted by atomic mass is 9.99. The van der Waals surface area contributed by atoms with Crippen LogP contribution >= 0.6 is 0 Å². The van der Waals surface area contributed by atoms with Crippen molar-refractivity contribution >= 4 is 22.8 Å². The van der Waals surface area contributed by atoms with E-state index in [0.717, 1.165) is 22.9 Å². The van der Waals surface area contributed by atoms with Gasteiger partial charge in [-0.3, -0.25) is 10.1 Å². The summed E-state index contributed by atoms with van der Waals surface area (Å²) >= 11 is 0. The predicted octanol–water partition coefficient (Wildman–Crippen LogP) is 0.991. The number of benzene rings is 1. The third-order valence-corrected chi connectivity index (χ3v) is 3.75. The van der Waals surface area contributed by atoms with E-state index in [4.69, 9.17) is 4.74 Å². The van der Waals surface area contributed by atoms with Crippen molar-refractivity contribution in [3.8, 4) is 5.75 Å². The lowest BCUT2D eigenvalue weighted by Gasteiger charge is -2.20. The molecule has 0 aliphatic carbocycles. The Morgan fingerprint density at radius 3 is 2.95 bits per heavy atom. The summed E-state index contributed by atoms with van der Waals surface area (Å²) in [6.45, 7) is 0.443. The molecule has 0 saturated heterocycles. The molecule has 2 aromatic rings. The Balaban J connectivity index is 1.95. The second-order valence-corrected chi connectivity index (χ2v) is 5.06. The number of esters is 1. The van der Waals surface area contributed by atoms with Crippen LogP contribution in [-0.4, -0.2) is 42.3 Å². The molecule has 0 amide bonds. The zero-order chi connectivity index (χ0) is 15.7. The number of carbonyl (C=O) groups is 2. The molecule has 0 fully saturated rings. The maximum Gasteiger partial charge on any atom is 0.343 e. The number of methoxy groups -OCH3 is 1. The summed E-state index contributed by atoms with van der Waals surface area (Å²) in [4.78, 5) is 25.6. The topological polar surface area (TPSA) is 101 Å². The summed E-state index contributed by atoms with van der Waals surface area (Å²) in [5.41, 5.74) is 2.51. The minimum atomic E-state index is -0.908. The van der Waals surface area contributed by atoms with Gasteiger partial charge in [0, 0.05) is 23.1 Å². The van der Waals surface area contributed by atoms with Gasteiger partial charge in [-0.1, -0.05) is 0 Å². The minimum Gasteiger partial charge on any atom is -0.482 e. The van der Waals surface area contributed by atoms with E-state index >= 15 is 0 Å². The van der Waals surface area contributed by atoms with Gasteiger partial charge in [-0.2, -0.15) is 0 Å². The normalized spacial score (nSPS) is 17.0. The van der Waals surface area contributed by atoms with Gasteiger partial charge in [-0.15, -0.1) is 0 Å². The maximum atomic E-state index is 11.3. The highest BCUT2D eigenvalue weighted by molar-refractivity contribution is 5.89. The van der Waals surface area contributed by atoms with Crippen molar-refractivity contribution in [2.75, 3.05) is 20.3 Å². The van der Waals surface area contributed by atoms with E-state index in [1.807, 2.05) is 12.1 Å². The Kier molecular flexibility index (Phi) is 3.72. The number of rotatable bonds is 4. The van der Waals surface area contributed by atoms with Crippen molar-refractivity contribution in [3.05, 3.63) is 29.5 Å². The van der Waals surface area contributed by atoms with E-state index in [0.29, 0.717) is 18.0 Å². The van der Waals surface area contributed by atoms with Gasteiger partial charge in [0.25, 0.3) is 0 Å². The largest absolute Gasteiger partial charge is 0.482 e. The van der Waals surface area contributed by atoms with E-state index in [9.17, 15) is 14.7 Å². The number of H-pyrrole nitrogens is 1. The molecule has 2 heterocycles. The summed E-state index contributed by atoms with van der Waals surface area (Å²) in [6, 6.07) is 4.64. The first-order chi connectivity index (χ1) is 10.6. The number of aromatic amines is 1. The molecule has 7 heteroatoms. The summed E-state index contributed by atoms with van der Waals surface area (Å²) in [7, 11) is 1.30. The average molecular weight is 304 g/mol.